The number of carbonyl (C=O) groups is 1. The van der Waals surface area contributed by atoms with Crippen molar-refractivity contribution in [1.82, 2.24) is 20.0 Å². The van der Waals surface area contributed by atoms with Crippen molar-refractivity contribution in [3.8, 4) is 11.4 Å². The van der Waals surface area contributed by atoms with Gasteiger partial charge in [0, 0.05) is 43.5 Å². The number of pyridine rings is 1. The number of rotatable bonds is 3. The van der Waals surface area contributed by atoms with Gasteiger partial charge in [-0.05, 0) is 25.0 Å². The highest BCUT2D eigenvalue weighted by atomic mass is 16.5. The monoisotopic (exact) mass is 390 g/mol. The van der Waals surface area contributed by atoms with Crippen molar-refractivity contribution in [1.29, 1.82) is 0 Å². The quantitative estimate of drug-likeness (QED) is 0.683. The molecule has 2 aliphatic rings. The molecule has 4 heterocycles. The van der Waals surface area contributed by atoms with Crippen LogP contribution in [0.15, 0.2) is 59.3 Å². The van der Waals surface area contributed by atoms with Gasteiger partial charge in [-0.1, -0.05) is 41.6 Å². The van der Waals surface area contributed by atoms with Gasteiger partial charge in [0.05, 0.1) is 5.92 Å². The van der Waals surface area contributed by atoms with Gasteiger partial charge in [0.2, 0.25) is 11.7 Å². The molecule has 0 aliphatic carbocycles. The van der Waals surface area contributed by atoms with E-state index in [1.54, 1.807) is 12.3 Å². The molecule has 5 rings (SSSR count). The molecule has 0 radical (unpaired) electrons. The van der Waals surface area contributed by atoms with Crippen LogP contribution in [0.1, 0.15) is 35.1 Å². The first kappa shape index (κ1) is 18.0. The summed E-state index contributed by atoms with van der Waals surface area (Å²) in [6.07, 6.45) is 3.38. The number of benzene rings is 1. The summed E-state index contributed by atoms with van der Waals surface area (Å²) >= 11 is 0. The minimum absolute atomic E-state index is 0.0102. The van der Waals surface area contributed by atoms with Gasteiger partial charge < -0.3 is 14.2 Å². The molecule has 2 aliphatic heterocycles. The highest BCUT2D eigenvalue weighted by Gasteiger charge is 2.51. The summed E-state index contributed by atoms with van der Waals surface area (Å²) in [6, 6.07) is 15.2. The van der Waals surface area contributed by atoms with Crippen LogP contribution < -0.4 is 0 Å². The Morgan fingerprint density at radius 2 is 1.86 bits per heavy atom. The van der Waals surface area contributed by atoms with Crippen molar-refractivity contribution in [2.45, 2.75) is 18.8 Å². The van der Waals surface area contributed by atoms with Crippen molar-refractivity contribution in [3.63, 3.8) is 0 Å². The molecule has 7 nitrogen and oxygen atoms in total. The summed E-state index contributed by atoms with van der Waals surface area (Å²) in [7, 11) is 0. The topological polar surface area (TPSA) is 81.4 Å². The number of amides is 1. The van der Waals surface area contributed by atoms with Crippen LogP contribution in [0.2, 0.25) is 0 Å². The third kappa shape index (κ3) is 3.31. The molecule has 1 atom stereocenters. The Kier molecular flexibility index (Phi) is 4.60. The lowest BCUT2D eigenvalue weighted by Gasteiger charge is -2.36. The van der Waals surface area contributed by atoms with Crippen LogP contribution in [0.25, 0.3) is 11.4 Å². The molecule has 2 saturated heterocycles. The Labute approximate surface area is 168 Å². The number of likely N-dealkylation sites (tertiary alicyclic amines) is 1. The third-order valence-corrected chi connectivity index (χ3v) is 6.08. The van der Waals surface area contributed by atoms with Crippen molar-refractivity contribution < 1.29 is 14.1 Å². The molecule has 1 spiro atoms. The fourth-order valence-corrected chi connectivity index (χ4v) is 4.48. The molecule has 29 heavy (non-hydrogen) atoms. The van der Waals surface area contributed by atoms with Crippen LogP contribution in [0, 0.1) is 5.41 Å². The fraction of sp³-hybridized carbons (Fsp3) is 0.364. The highest BCUT2D eigenvalue weighted by molar-refractivity contribution is 5.92. The SMILES string of the molecule is O=C(c1ccccn1)N1C[C@@H](c2nc(-c3ccccc3)no2)C2(CCOCC2)C1. The minimum atomic E-state index is -0.108. The van der Waals surface area contributed by atoms with Crippen LogP contribution >= 0.6 is 0 Å². The van der Waals surface area contributed by atoms with Gasteiger partial charge >= 0.3 is 0 Å². The molecular weight excluding hydrogens is 368 g/mol. The first-order chi connectivity index (χ1) is 14.3. The summed E-state index contributed by atoms with van der Waals surface area (Å²) in [5.74, 6) is 1.12. The average molecular weight is 390 g/mol. The molecule has 7 heteroatoms. The van der Waals surface area contributed by atoms with E-state index in [1.807, 2.05) is 47.4 Å². The number of hydrogen-bond acceptors (Lipinski definition) is 6. The Hall–Kier alpha value is -3.06. The summed E-state index contributed by atoms with van der Waals surface area (Å²) < 4.78 is 11.3. The van der Waals surface area contributed by atoms with Crippen LogP contribution in [0.4, 0.5) is 0 Å². The van der Waals surface area contributed by atoms with Crippen molar-refractivity contribution in [2.75, 3.05) is 26.3 Å². The zero-order chi connectivity index (χ0) is 19.7. The second-order valence-corrected chi connectivity index (χ2v) is 7.75. The summed E-state index contributed by atoms with van der Waals surface area (Å²) in [6.45, 7) is 2.56. The van der Waals surface area contributed by atoms with Crippen LogP contribution in [0.5, 0.6) is 0 Å². The molecule has 0 bridgehead atoms. The van der Waals surface area contributed by atoms with Gasteiger partial charge in [-0.2, -0.15) is 4.98 Å². The van der Waals surface area contributed by atoms with E-state index >= 15 is 0 Å². The van der Waals surface area contributed by atoms with E-state index in [4.69, 9.17) is 14.2 Å². The maximum atomic E-state index is 13.0. The number of aromatic nitrogens is 3. The van der Waals surface area contributed by atoms with E-state index in [2.05, 4.69) is 10.1 Å². The Morgan fingerprint density at radius 3 is 2.62 bits per heavy atom. The summed E-state index contributed by atoms with van der Waals surface area (Å²) in [4.78, 5) is 23.9. The Balaban J connectivity index is 1.46. The Morgan fingerprint density at radius 1 is 1.07 bits per heavy atom. The largest absolute Gasteiger partial charge is 0.381 e. The van der Waals surface area contributed by atoms with Crippen LogP contribution in [-0.4, -0.2) is 52.2 Å². The fourth-order valence-electron chi connectivity index (χ4n) is 4.48. The second kappa shape index (κ2) is 7.40. The molecule has 1 amide bonds. The van der Waals surface area contributed by atoms with Gasteiger partial charge in [0.15, 0.2) is 0 Å². The Bertz CT molecular complexity index is 984. The van der Waals surface area contributed by atoms with Crippen molar-refractivity contribution in [3.05, 3.63) is 66.3 Å². The van der Waals surface area contributed by atoms with Crippen LogP contribution in [0.3, 0.4) is 0 Å². The molecule has 148 valence electrons. The molecule has 2 fully saturated rings. The molecular formula is C22H22N4O3. The molecule has 3 aromatic rings. The van der Waals surface area contributed by atoms with E-state index in [9.17, 15) is 4.79 Å². The van der Waals surface area contributed by atoms with E-state index < -0.39 is 0 Å². The van der Waals surface area contributed by atoms with E-state index in [0.29, 0.717) is 43.7 Å². The number of carbonyl (C=O) groups excluding carboxylic acids is 1. The number of hydrogen-bond donors (Lipinski definition) is 0. The van der Waals surface area contributed by atoms with Crippen molar-refractivity contribution >= 4 is 5.91 Å². The first-order valence-electron chi connectivity index (χ1n) is 9.92. The molecule has 0 N–H and O–H groups in total. The van der Waals surface area contributed by atoms with E-state index in [1.165, 1.54) is 0 Å². The van der Waals surface area contributed by atoms with Gasteiger partial charge in [-0.15, -0.1) is 0 Å². The molecule has 0 unspecified atom stereocenters. The van der Waals surface area contributed by atoms with E-state index in [-0.39, 0.29) is 17.2 Å². The van der Waals surface area contributed by atoms with Gasteiger partial charge in [-0.3, -0.25) is 9.78 Å². The van der Waals surface area contributed by atoms with Gasteiger partial charge in [-0.25, -0.2) is 0 Å². The lowest BCUT2D eigenvalue weighted by Crippen LogP contribution is -2.37. The summed E-state index contributed by atoms with van der Waals surface area (Å²) in [5.41, 5.74) is 1.28. The molecule has 0 saturated carbocycles. The minimum Gasteiger partial charge on any atom is -0.381 e. The summed E-state index contributed by atoms with van der Waals surface area (Å²) in [5, 5.41) is 4.20. The zero-order valence-corrected chi connectivity index (χ0v) is 16.0. The standard InChI is InChI=1S/C22H22N4O3/c27-21(18-8-4-5-11-23-18)26-14-17(22(15-26)9-12-28-13-10-22)20-24-19(25-29-20)16-6-2-1-3-7-16/h1-8,11,17H,9-10,12-15H2/t17-/m0/s1. The molecule has 2 aromatic heterocycles. The smallest absolute Gasteiger partial charge is 0.272 e. The first-order valence-corrected chi connectivity index (χ1v) is 9.92. The predicted molar refractivity (Wildman–Crippen MR) is 105 cm³/mol. The second-order valence-electron chi connectivity index (χ2n) is 7.75. The van der Waals surface area contributed by atoms with Gasteiger partial charge in [0.25, 0.3) is 5.91 Å². The normalized spacial score (nSPS) is 20.8. The van der Waals surface area contributed by atoms with Crippen LogP contribution in [-0.2, 0) is 4.74 Å². The lowest BCUT2D eigenvalue weighted by molar-refractivity contribution is 0.00833. The zero-order valence-electron chi connectivity index (χ0n) is 16.0. The van der Waals surface area contributed by atoms with E-state index in [0.717, 1.165) is 18.4 Å². The van der Waals surface area contributed by atoms with Crippen molar-refractivity contribution in [2.24, 2.45) is 5.41 Å². The highest BCUT2D eigenvalue weighted by Crippen LogP contribution is 2.49. The maximum absolute atomic E-state index is 13.0. The number of ether oxygens (including phenoxy) is 1. The average Bonchev–Trinajstić information content (AvgIpc) is 3.40. The third-order valence-electron chi connectivity index (χ3n) is 6.08. The maximum Gasteiger partial charge on any atom is 0.272 e. The van der Waals surface area contributed by atoms with Gasteiger partial charge in [0.1, 0.15) is 5.69 Å². The molecule has 1 aromatic carbocycles. The number of nitrogens with zero attached hydrogens (tertiary/aromatic N) is 4. The predicted octanol–water partition coefficient (Wildman–Crippen LogP) is 3.17. The lowest BCUT2D eigenvalue weighted by atomic mass is 9.72.